The lowest BCUT2D eigenvalue weighted by molar-refractivity contribution is 0.0957. The van der Waals surface area contributed by atoms with Crippen LogP contribution in [0.1, 0.15) is 116 Å². The van der Waals surface area contributed by atoms with Crippen LogP contribution in [0.3, 0.4) is 0 Å². The predicted octanol–water partition coefficient (Wildman–Crippen LogP) is 8.03. The number of unbranched alkanes of at least 4 members (excludes halogenated alkanes) is 13. The lowest BCUT2D eigenvalue weighted by atomic mass is 10.1. The van der Waals surface area contributed by atoms with E-state index in [0.717, 1.165) is 19.3 Å². The Bertz CT molecular complexity index is 501. The van der Waals surface area contributed by atoms with Crippen molar-refractivity contribution in [3.8, 4) is 5.88 Å². The minimum Gasteiger partial charge on any atom is -0.434 e. The maximum absolute atomic E-state index is 11.7. The zero-order valence-corrected chi connectivity index (χ0v) is 18.9. The number of carbonyl (C=O) groups excluding carboxylic acids is 1. The summed E-state index contributed by atoms with van der Waals surface area (Å²) in [5, 5.41) is 0. The standard InChI is InChI=1S/C25H43NO3/c1-3-5-7-9-11-12-14-16-18-23-19-20-24(26-22-23)29-25(27)28-21-17-15-13-10-8-6-4-2/h19-20,22H,3-18,21H2,1-2H3. The first-order valence-electron chi connectivity index (χ1n) is 12.1. The maximum Gasteiger partial charge on any atom is 0.515 e. The Morgan fingerprint density at radius 2 is 1.31 bits per heavy atom. The van der Waals surface area contributed by atoms with Gasteiger partial charge in [-0.15, -0.1) is 0 Å². The number of aromatic nitrogens is 1. The van der Waals surface area contributed by atoms with Crippen molar-refractivity contribution in [2.45, 2.75) is 117 Å². The Hall–Kier alpha value is -1.58. The first kappa shape index (κ1) is 25.5. The molecule has 4 nitrogen and oxygen atoms in total. The minimum absolute atomic E-state index is 0.314. The fraction of sp³-hybridized carbons (Fsp3) is 0.760. The number of hydrogen-bond donors (Lipinski definition) is 0. The van der Waals surface area contributed by atoms with Gasteiger partial charge in [0.15, 0.2) is 0 Å². The number of pyridine rings is 1. The summed E-state index contributed by atoms with van der Waals surface area (Å²) in [6, 6.07) is 3.75. The van der Waals surface area contributed by atoms with E-state index in [9.17, 15) is 4.79 Å². The summed E-state index contributed by atoms with van der Waals surface area (Å²) in [4.78, 5) is 16.0. The van der Waals surface area contributed by atoms with Gasteiger partial charge in [-0.1, -0.05) is 103 Å². The van der Waals surface area contributed by atoms with Crippen LogP contribution in [-0.4, -0.2) is 17.7 Å². The molecule has 0 aliphatic rings. The second-order valence-electron chi connectivity index (χ2n) is 8.05. The van der Waals surface area contributed by atoms with E-state index in [1.807, 2.05) is 6.07 Å². The van der Waals surface area contributed by atoms with E-state index in [4.69, 9.17) is 9.47 Å². The van der Waals surface area contributed by atoms with Crippen LogP contribution in [-0.2, 0) is 11.2 Å². The highest BCUT2D eigenvalue weighted by Gasteiger charge is 2.07. The Labute approximate surface area is 178 Å². The third-order valence-electron chi connectivity index (χ3n) is 5.27. The molecule has 4 heteroatoms. The van der Waals surface area contributed by atoms with Gasteiger partial charge in [-0.2, -0.15) is 0 Å². The fourth-order valence-corrected chi connectivity index (χ4v) is 3.41. The van der Waals surface area contributed by atoms with Crippen molar-refractivity contribution in [2.24, 2.45) is 0 Å². The normalized spacial score (nSPS) is 10.8. The third kappa shape index (κ3) is 15.0. The molecule has 1 heterocycles. The molecular weight excluding hydrogens is 362 g/mol. The molecule has 0 saturated carbocycles. The number of carbonyl (C=O) groups is 1. The van der Waals surface area contributed by atoms with Crippen LogP contribution < -0.4 is 4.74 Å². The number of hydrogen-bond acceptors (Lipinski definition) is 4. The van der Waals surface area contributed by atoms with Gasteiger partial charge in [0.25, 0.3) is 0 Å². The summed E-state index contributed by atoms with van der Waals surface area (Å²) < 4.78 is 10.3. The molecule has 166 valence electrons. The van der Waals surface area contributed by atoms with Gasteiger partial charge in [0.05, 0.1) is 6.61 Å². The Morgan fingerprint density at radius 3 is 1.86 bits per heavy atom. The van der Waals surface area contributed by atoms with Crippen molar-refractivity contribution in [3.63, 3.8) is 0 Å². The molecule has 0 amide bonds. The van der Waals surface area contributed by atoms with Crippen LogP contribution in [0, 0.1) is 0 Å². The molecule has 0 spiro atoms. The number of nitrogens with zero attached hydrogens (tertiary/aromatic N) is 1. The molecule has 0 saturated heterocycles. The van der Waals surface area contributed by atoms with E-state index >= 15 is 0 Å². The zero-order valence-electron chi connectivity index (χ0n) is 18.9. The van der Waals surface area contributed by atoms with Crippen LogP contribution in [0.25, 0.3) is 0 Å². The summed E-state index contributed by atoms with van der Waals surface area (Å²) in [6.45, 7) is 4.90. The van der Waals surface area contributed by atoms with Crippen molar-refractivity contribution in [1.29, 1.82) is 0 Å². The molecule has 0 radical (unpaired) electrons. The summed E-state index contributed by atoms with van der Waals surface area (Å²) >= 11 is 0. The maximum atomic E-state index is 11.7. The van der Waals surface area contributed by atoms with Crippen molar-refractivity contribution in [3.05, 3.63) is 23.9 Å². The Balaban J connectivity index is 2.04. The molecular formula is C25H43NO3. The molecule has 0 aromatic carbocycles. The summed E-state index contributed by atoms with van der Waals surface area (Å²) in [5.41, 5.74) is 1.19. The third-order valence-corrected chi connectivity index (χ3v) is 5.27. The van der Waals surface area contributed by atoms with Gasteiger partial charge >= 0.3 is 6.16 Å². The smallest absolute Gasteiger partial charge is 0.434 e. The number of aryl methyl sites for hydroxylation is 1. The highest BCUT2D eigenvalue weighted by Crippen LogP contribution is 2.14. The average Bonchev–Trinajstić information content (AvgIpc) is 2.73. The van der Waals surface area contributed by atoms with Crippen molar-refractivity contribution in [1.82, 2.24) is 4.98 Å². The van der Waals surface area contributed by atoms with Gasteiger partial charge in [-0.3, -0.25) is 0 Å². The highest BCUT2D eigenvalue weighted by atomic mass is 16.7. The first-order valence-corrected chi connectivity index (χ1v) is 12.1. The molecule has 0 aliphatic heterocycles. The van der Waals surface area contributed by atoms with Gasteiger partial charge in [-0.25, -0.2) is 9.78 Å². The van der Waals surface area contributed by atoms with Crippen LogP contribution in [0.4, 0.5) is 4.79 Å². The predicted molar refractivity (Wildman–Crippen MR) is 121 cm³/mol. The van der Waals surface area contributed by atoms with Gasteiger partial charge in [0.1, 0.15) is 0 Å². The fourth-order valence-electron chi connectivity index (χ4n) is 3.41. The molecule has 0 bridgehead atoms. The molecule has 0 unspecified atom stereocenters. The van der Waals surface area contributed by atoms with Crippen LogP contribution in [0.5, 0.6) is 5.88 Å². The van der Waals surface area contributed by atoms with Gasteiger partial charge in [0, 0.05) is 12.3 Å². The van der Waals surface area contributed by atoms with E-state index < -0.39 is 6.16 Å². The molecule has 0 atom stereocenters. The Kier molecular flexibility index (Phi) is 16.2. The lowest BCUT2D eigenvalue weighted by Gasteiger charge is -2.06. The molecule has 1 aromatic rings. The second kappa shape index (κ2) is 18.4. The molecule has 29 heavy (non-hydrogen) atoms. The molecule has 0 fully saturated rings. The van der Waals surface area contributed by atoms with Crippen LogP contribution in [0.15, 0.2) is 18.3 Å². The minimum atomic E-state index is -0.653. The van der Waals surface area contributed by atoms with E-state index in [1.165, 1.54) is 89.0 Å². The molecule has 0 aliphatic carbocycles. The molecule has 1 rings (SSSR count). The zero-order chi connectivity index (χ0) is 21.0. The second-order valence-corrected chi connectivity index (χ2v) is 8.05. The van der Waals surface area contributed by atoms with E-state index in [2.05, 4.69) is 18.8 Å². The average molecular weight is 406 g/mol. The van der Waals surface area contributed by atoms with Crippen molar-refractivity contribution >= 4 is 6.16 Å². The lowest BCUT2D eigenvalue weighted by Crippen LogP contribution is -2.12. The van der Waals surface area contributed by atoms with Crippen LogP contribution in [0.2, 0.25) is 0 Å². The summed E-state index contributed by atoms with van der Waals surface area (Å²) in [6.07, 6.45) is 21.1. The van der Waals surface area contributed by atoms with E-state index in [0.29, 0.717) is 12.5 Å². The topological polar surface area (TPSA) is 48.4 Å². The highest BCUT2D eigenvalue weighted by molar-refractivity contribution is 5.62. The summed E-state index contributed by atoms with van der Waals surface area (Å²) in [5.74, 6) is 0.314. The monoisotopic (exact) mass is 405 g/mol. The number of ether oxygens (including phenoxy) is 2. The molecule has 1 aromatic heterocycles. The number of rotatable bonds is 18. The van der Waals surface area contributed by atoms with Crippen molar-refractivity contribution in [2.75, 3.05) is 6.61 Å². The van der Waals surface area contributed by atoms with Crippen LogP contribution >= 0.6 is 0 Å². The van der Waals surface area contributed by atoms with E-state index in [-0.39, 0.29) is 0 Å². The SMILES string of the molecule is CCCCCCCCCCc1ccc(OC(=O)OCCCCCCCCC)nc1. The summed E-state index contributed by atoms with van der Waals surface area (Å²) in [7, 11) is 0. The van der Waals surface area contributed by atoms with Gasteiger partial charge in [0.2, 0.25) is 5.88 Å². The van der Waals surface area contributed by atoms with Gasteiger partial charge in [-0.05, 0) is 24.8 Å². The quantitative estimate of drug-likeness (QED) is 0.183. The molecule has 0 N–H and O–H groups in total. The van der Waals surface area contributed by atoms with E-state index in [1.54, 1.807) is 12.3 Å². The Morgan fingerprint density at radius 1 is 0.759 bits per heavy atom. The first-order chi connectivity index (χ1) is 14.3. The largest absolute Gasteiger partial charge is 0.515 e. The van der Waals surface area contributed by atoms with Gasteiger partial charge < -0.3 is 9.47 Å². The van der Waals surface area contributed by atoms with Crippen molar-refractivity contribution < 1.29 is 14.3 Å².